The van der Waals surface area contributed by atoms with E-state index in [0.717, 1.165) is 0 Å². The number of carbonyl (C=O) groups excluding carboxylic acids is 2. The summed E-state index contributed by atoms with van der Waals surface area (Å²) in [5, 5.41) is 13.1. The number of hydrogen-bond acceptors (Lipinski definition) is 4. The Bertz CT molecular complexity index is 649. The molecule has 0 fully saturated rings. The minimum absolute atomic E-state index is 0.0693. The summed E-state index contributed by atoms with van der Waals surface area (Å²) in [4.78, 5) is 34.2. The SMILES string of the molecule is COc1ccccc1CC(CNC(=O)CC(=O)NCC(F)(F)F)C(=O)O. The van der Waals surface area contributed by atoms with Crippen LogP contribution in [0.25, 0.3) is 0 Å². The van der Waals surface area contributed by atoms with E-state index in [2.05, 4.69) is 5.32 Å². The summed E-state index contributed by atoms with van der Waals surface area (Å²) in [6, 6.07) is 6.78. The first kappa shape index (κ1) is 21.3. The first-order valence-electron chi connectivity index (χ1n) is 7.57. The molecule has 0 aliphatic rings. The molecule has 144 valence electrons. The van der Waals surface area contributed by atoms with Crippen LogP contribution in [-0.2, 0) is 20.8 Å². The molecule has 0 saturated carbocycles. The van der Waals surface area contributed by atoms with Crippen molar-refractivity contribution in [2.24, 2.45) is 5.92 Å². The molecule has 0 bridgehead atoms. The fraction of sp³-hybridized carbons (Fsp3) is 0.438. The van der Waals surface area contributed by atoms with Gasteiger partial charge < -0.3 is 20.5 Å². The van der Waals surface area contributed by atoms with E-state index in [0.29, 0.717) is 11.3 Å². The Morgan fingerprint density at radius 3 is 2.35 bits per heavy atom. The third-order valence-corrected chi connectivity index (χ3v) is 3.36. The van der Waals surface area contributed by atoms with E-state index in [-0.39, 0.29) is 13.0 Å². The maximum Gasteiger partial charge on any atom is 0.405 e. The van der Waals surface area contributed by atoms with Crippen LogP contribution in [0.2, 0.25) is 0 Å². The van der Waals surface area contributed by atoms with Crippen LogP contribution in [0.1, 0.15) is 12.0 Å². The number of halogens is 3. The second kappa shape index (κ2) is 9.64. The number of benzene rings is 1. The summed E-state index contributed by atoms with van der Waals surface area (Å²) in [6.07, 6.45) is -5.33. The van der Waals surface area contributed by atoms with E-state index < -0.39 is 42.8 Å². The van der Waals surface area contributed by atoms with Crippen molar-refractivity contribution in [1.82, 2.24) is 10.6 Å². The maximum absolute atomic E-state index is 12.0. The lowest BCUT2D eigenvalue weighted by atomic mass is 9.98. The molecule has 0 aromatic heterocycles. The Labute approximate surface area is 147 Å². The Balaban J connectivity index is 2.54. The number of nitrogens with one attached hydrogen (secondary N) is 2. The molecule has 1 unspecified atom stereocenters. The van der Waals surface area contributed by atoms with Gasteiger partial charge in [-0.1, -0.05) is 18.2 Å². The average Bonchev–Trinajstić information content (AvgIpc) is 2.56. The third kappa shape index (κ3) is 7.86. The fourth-order valence-corrected chi connectivity index (χ4v) is 2.09. The number of carboxylic acids is 1. The molecule has 26 heavy (non-hydrogen) atoms. The van der Waals surface area contributed by atoms with Crippen LogP contribution in [0.15, 0.2) is 24.3 Å². The van der Waals surface area contributed by atoms with Crippen molar-refractivity contribution < 1.29 is 37.4 Å². The Kier molecular flexibility index (Phi) is 7.88. The van der Waals surface area contributed by atoms with E-state index in [1.807, 2.05) is 0 Å². The molecule has 0 aliphatic carbocycles. The van der Waals surface area contributed by atoms with Crippen molar-refractivity contribution in [3.63, 3.8) is 0 Å². The van der Waals surface area contributed by atoms with Gasteiger partial charge in [-0.3, -0.25) is 14.4 Å². The summed E-state index contributed by atoms with van der Waals surface area (Å²) in [7, 11) is 1.44. The minimum Gasteiger partial charge on any atom is -0.496 e. The lowest BCUT2D eigenvalue weighted by Crippen LogP contribution is -2.39. The van der Waals surface area contributed by atoms with E-state index in [9.17, 15) is 32.7 Å². The molecule has 0 spiro atoms. The summed E-state index contributed by atoms with van der Waals surface area (Å²) in [5.74, 6) is -3.63. The van der Waals surface area contributed by atoms with E-state index in [1.54, 1.807) is 29.6 Å². The van der Waals surface area contributed by atoms with E-state index in [1.165, 1.54) is 7.11 Å². The molecule has 2 amide bonds. The molecule has 1 aromatic carbocycles. The van der Waals surface area contributed by atoms with Gasteiger partial charge in [0.25, 0.3) is 0 Å². The zero-order chi connectivity index (χ0) is 19.7. The molecule has 0 heterocycles. The molecule has 0 radical (unpaired) electrons. The van der Waals surface area contributed by atoms with Gasteiger partial charge in [0.2, 0.25) is 11.8 Å². The van der Waals surface area contributed by atoms with Crippen LogP contribution in [0.5, 0.6) is 5.75 Å². The molecular weight excluding hydrogens is 357 g/mol. The molecular formula is C16H19F3N2O5. The third-order valence-electron chi connectivity index (χ3n) is 3.36. The quantitative estimate of drug-likeness (QED) is 0.561. The smallest absolute Gasteiger partial charge is 0.405 e. The number of ether oxygens (including phenoxy) is 1. The van der Waals surface area contributed by atoms with Gasteiger partial charge in [0.1, 0.15) is 18.7 Å². The molecule has 1 aromatic rings. The van der Waals surface area contributed by atoms with Crippen LogP contribution < -0.4 is 15.4 Å². The van der Waals surface area contributed by atoms with Crippen molar-refractivity contribution in [3.8, 4) is 5.75 Å². The van der Waals surface area contributed by atoms with Gasteiger partial charge in [0.15, 0.2) is 0 Å². The number of para-hydroxylation sites is 1. The van der Waals surface area contributed by atoms with Crippen molar-refractivity contribution >= 4 is 17.8 Å². The Hall–Kier alpha value is -2.78. The van der Waals surface area contributed by atoms with Crippen LogP contribution in [0, 0.1) is 5.92 Å². The second-order valence-electron chi connectivity index (χ2n) is 5.42. The van der Waals surface area contributed by atoms with Gasteiger partial charge in [-0.05, 0) is 18.1 Å². The lowest BCUT2D eigenvalue weighted by molar-refractivity contribution is -0.142. The summed E-state index contributed by atoms with van der Waals surface area (Å²) in [5.41, 5.74) is 0.625. The van der Waals surface area contributed by atoms with Crippen molar-refractivity contribution in [1.29, 1.82) is 0 Å². The molecule has 10 heteroatoms. The topological polar surface area (TPSA) is 105 Å². The largest absolute Gasteiger partial charge is 0.496 e. The number of aliphatic carboxylic acids is 1. The number of carbonyl (C=O) groups is 3. The molecule has 3 N–H and O–H groups in total. The number of alkyl halides is 3. The zero-order valence-corrected chi connectivity index (χ0v) is 13.9. The molecule has 7 nitrogen and oxygen atoms in total. The summed E-state index contributed by atoms with van der Waals surface area (Å²) < 4.78 is 41.1. The van der Waals surface area contributed by atoms with Crippen molar-refractivity contribution in [2.75, 3.05) is 20.2 Å². The highest BCUT2D eigenvalue weighted by molar-refractivity contribution is 5.97. The van der Waals surface area contributed by atoms with Gasteiger partial charge >= 0.3 is 12.1 Å². The van der Waals surface area contributed by atoms with Crippen molar-refractivity contribution in [2.45, 2.75) is 19.0 Å². The lowest BCUT2D eigenvalue weighted by Gasteiger charge is -2.15. The number of amides is 2. The minimum atomic E-state index is -4.57. The monoisotopic (exact) mass is 376 g/mol. The average molecular weight is 376 g/mol. The Morgan fingerprint density at radius 1 is 1.15 bits per heavy atom. The standard InChI is InChI=1S/C16H19F3N2O5/c1-26-12-5-3-2-4-10(12)6-11(15(24)25)8-20-13(22)7-14(23)21-9-16(17,18)19/h2-5,11H,6-9H2,1H3,(H,20,22)(H,21,23)(H,24,25). The number of rotatable bonds is 9. The van der Waals surface area contributed by atoms with E-state index in [4.69, 9.17) is 4.74 Å². The zero-order valence-electron chi connectivity index (χ0n) is 13.9. The number of hydrogen-bond donors (Lipinski definition) is 3. The highest BCUT2D eigenvalue weighted by Gasteiger charge is 2.28. The van der Waals surface area contributed by atoms with Gasteiger partial charge in [0, 0.05) is 6.54 Å². The van der Waals surface area contributed by atoms with Gasteiger partial charge in [-0.2, -0.15) is 13.2 Å². The normalized spacial score (nSPS) is 12.2. The number of carboxylic acid groups (broad SMARTS) is 1. The number of methoxy groups -OCH3 is 1. The highest BCUT2D eigenvalue weighted by Crippen LogP contribution is 2.21. The van der Waals surface area contributed by atoms with Crippen molar-refractivity contribution in [3.05, 3.63) is 29.8 Å². The maximum atomic E-state index is 12.0. The Morgan fingerprint density at radius 2 is 1.77 bits per heavy atom. The van der Waals surface area contributed by atoms with E-state index >= 15 is 0 Å². The van der Waals surface area contributed by atoms with Crippen LogP contribution in [0.4, 0.5) is 13.2 Å². The molecule has 0 aliphatic heterocycles. The van der Waals surface area contributed by atoms with Gasteiger partial charge in [-0.25, -0.2) is 0 Å². The molecule has 1 rings (SSSR count). The van der Waals surface area contributed by atoms with Gasteiger partial charge in [-0.15, -0.1) is 0 Å². The summed E-state index contributed by atoms with van der Waals surface area (Å²) >= 11 is 0. The van der Waals surface area contributed by atoms with Crippen LogP contribution in [0.3, 0.4) is 0 Å². The molecule has 1 atom stereocenters. The predicted octanol–water partition coefficient (Wildman–Crippen LogP) is 1.12. The predicted molar refractivity (Wildman–Crippen MR) is 84.5 cm³/mol. The highest BCUT2D eigenvalue weighted by atomic mass is 19.4. The first-order chi connectivity index (χ1) is 12.1. The van der Waals surface area contributed by atoms with Crippen LogP contribution in [-0.4, -0.2) is 49.3 Å². The second-order valence-corrected chi connectivity index (χ2v) is 5.42. The molecule has 0 saturated heterocycles. The van der Waals surface area contributed by atoms with Crippen LogP contribution >= 0.6 is 0 Å². The fourth-order valence-electron chi connectivity index (χ4n) is 2.09. The summed E-state index contributed by atoms with van der Waals surface area (Å²) in [6.45, 7) is -1.82. The van der Waals surface area contributed by atoms with Gasteiger partial charge in [0.05, 0.1) is 13.0 Å². The first-order valence-corrected chi connectivity index (χ1v) is 7.57.